The molecule has 1 aliphatic heterocycles. The summed E-state index contributed by atoms with van der Waals surface area (Å²) in [4.78, 5) is 32.3. The number of methoxy groups -OCH3 is 1. The van der Waals surface area contributed by atoms with Gasteiger partial charge in [0.25, 0.3) is 11.8 Å². The minimum Gasteiger partial charge on any atom is -0.496 e. The summed E-state index contributed by atoms with van der Waals surface area (Å²) < 4.78 is 5.42. The van der Waals surface area contributed by atoms with Crippen LogP contribution in [-0.2, 0) is 0 Å². The van der Waals surface area contributed by atoms with E-state index in [1.807, 2.05) is 30.3 Å². The molecule has 0 saturated carbocycles. The minimum absolute atomic E-state index is 0.00534. The molecule has 1 fully saturated rings. The van der Waals surface area contributed by atoms with Crippen LogP contribution in [0.5, 0.6) is 5.75 Å². The number of amides is 2. The Morgan fingerprint density at radius 3 is 2.25 bits per heavy atom. The number of ether oxygens (including phenoxy) is 1. The Kier molecular flexibility index (Phi) is 4.82. The molecule has 1 aromatic heterocycles. The number of nitrogens with zero attached hydrogens (tertiary/aromatic N) is 2. The number of carbonyl (C=O) groups is 2. The third-order valence-electron chi connectivity index (χ3n) is 5.15. The maximum Gasteiger partial charge on any atom is 0.256 e. The van der Waals surface area contributed by atoms with Crippen molar-refractivity contribution in [3.8, 4) is 5.75 Å². The second-order valence-electron chi connectivity index (χ2n) is 6.76. The van der Waals surface area contributed by atoms with Gasteiger partial charge in [-0.25, -0.2) is 0 Å². The standard InChI is InChI=1S/C21H20BN3O3/c1-28-17-8-7-16(22)19-18(17)15(13-23-19)21(27)25-11-9-24(10-12-25)20(26)14-5-3-2-4-6-14/h2-8,13,23H,9-12H2,1H3. The fourth-order valence-electron chi connectivity index (χ4n) is 3.62. The zero-order chi connectivity index (χ0) is 19.7. The van der Waals surface area contributed by atoms with Crippen molar-refractivity contribution in [2.45, 2.75) is 0 Å². The molecule has 0 aliphatic carbocycles. The number of hydrogen-bond donors (Lipinski definition) is 1. The highest BCUT2D eigenvalue weighted by Crippen LogP contribution is 2.28. The molecule has 1 N–H and O–H groups in total. The molecule has 0 spiro atoms. The van der Waals surface area contributed by atoms with E-state index >= 15 is 0 Å². The number of piperazine rings is 1. The first kappa shape index (κ1) is 18.2. The topological polar surface area (TPSA) is 65.6 Å². The van der Waals surface area contributed by atoms with Crippen LogP contribution >= 0.6 is 0 Å². The average Bonchev–Trinajstić information content (AvgIpc) is 3.20. The Balaban J connectivity index is 1.51. The highest BCUT2D eigenvalue weighted by atomic mass is 16.5. The summed E-state index contributed by atoms with van der Waals surface area (Å²) in [6.45, 7) is 1.96. The predicted molar refractivity (Wildman–Crippen MR) is 108 cm³/mol. The van der Waals surface area contributed by atoms with Gasteiger partial charge in [-0.05, 0) is 18.2 Å². The summed E-state index contributed by atoms with van der Waals surface area (Å²) in [6.07, 6.45) is 1.67. The number of carbonyl (C=O) groups excluding carboxylic acids is 2. The molecule has 2 amide bonds. The molecule has 1 aliphatic rings. The Labute approximate surface area is 164 Å². The van der Waals surface area contributed by atoms with Crippen LogP contribution in [0.2, 0.25) is 0 Å². The molecule has 1 saturated heterocycles. The van der Waals surface area contributed by atoms with Gasteiger partial charge in [0.05, 0.1) is 18.1 Å². The molecular weight excluding hydrogens is 353 g/mol. The summed E-state index contributed by atoms with van der Waals surface area (Å²) in [5.41, 5.74) is 2.45. The molecule has 28 heavy (non-hydrogen) atoms. The third-order valence-corrected chi connectivity index (χ3v) is 5.15. The molecule has 0 bridgehead atoms. The first-order valence-electron chi connectivity index (χ1n) is 9.17. The van der Waals surface area contributed by atoms with Gasteiger partial charge in [-0.1, -0.05) is 29.7 Å². The number of benzene rings is 2. The molecule has 3 aromatic rings. The molecule has 0 unspecified atom stereocenters. The zero-order valence-electron chi connectivity index (χ0n) is 15.6. The van der Waals surface area contributed by atoms with E-state index in [9.17, 15) is 9.59 Å². The highest BCUT2D eigenvalue weighted by Gasteiger charge is 2.27. The van der Waals surface area contributed by atoms with Gasteiger partial charge in [0.1, 0.15) is 13.6 Å². The molecular formula is C21H20BN3O3. The largest absolute Gasteiger partial charge is 0.496 e. The predicted octanol–water partition coefficient (Wildman–Crippen LogP) is 1.57. The van der Waals surface area contributed by atoms with E-state index in [1.165, 1.54) is 0 Å². The Morgan fingerprint density at radius 1 is 0.964 bits per heavy atom. The smallest absolute Gasteiger partial charge is 0.256 e. The van der Waals surface area contributed by atoms with Crippen LogP contribution in [0.4, 0.5) is 0 Å². The zero-order valence-corrected chi connectivity index (χ0v) is 15.6. The lowest BCUT2D eigenvalue weighted by atomic mass is 9.92. The quantitative estimate of drug-likeness (QED) is 0.709. The van der Waals surface area contributed by atoms with E-state index in [-0.39, 0.29) is 11.8 Å². The molecule has 2 aromatic carbocycles. The Morgan fingerprint density at radius 2 is 1.61 bits per heavy atom. The Bertz CT molecular complexity index is 1020. The van der Waals surface area contributed by atoms with Crippen molar-refractivity contribution in [1.82, 2.24) is 14.8 Å². The number of hydrogen-bond acceptors (Lipinski definition) is 3. The van der Waals surface area contributed by atoms with Crippen molar-refractivity contribution in [1.29, 1.82) is 0 Å². The van der Waals surface area contributed by atoms with Gasteiger partial charge in [0, 0.05) is 43.5 Å². The van der Waals surface area contributed by atoms with E-state index < -0.39 is 0 Å². The van der Waals surface area contributed by atoms with E-state index in [4.69, 9.17) is 12.6 Å². The van der Waals surface area contributed by atoms with E-state index in [2.05, 4.69) is 4.98 Å². The molecule has 7 heteroatoms. The molecule has 6 nitrogen and oxygen atoms in total. The van der Waals surface area contributed by atoms with Crippen LogP contribution in [0, 0.1) is 0 Å². The van der Waals surface area contributed by atoms with Crippen molar-refractivity contribution >= 4 is 36.0 Å². The number of H-pyrrole nitrogens is 1. The molecule has 0 atom stereocenters. The lowest BCUT2D eigenvalue weighted by Crippen LogP contribution is -2.50. The van der Waals surface area contributed by atoms with E-state index in [1.54, 1.807) is 35.2 Å². The Hall–Kier alpha value is -3.22. The first-order valence-corrected chi connectivity index (χ1v) is 9.17. The maximum atomic E-state index is 13.1. The van der Waals surface area contributed by atoms with Gasteiger partial charge in [0.2, 0.25) is 0 Å². The number of nitrogens with one attached hydrogen (secondary N) is 1. The van der Waals surface area contributed by atoms with Gasteiger partial charge in [0.15, 0.2) is 0 Å². The molecule has 2 heterocycles. The summed E-state index contributed by atoms with van der Waals surface area (Å²) in [5, 5.41) is 0.690. The highest BCUT2D eigenvalue weighted by molar-refractivity contribution is 6.39. The fraction of sp³-hybridized carbons (Fsp3) is 0.238. The van der Waals surface area contributed by atoms with Gasteiger partial charge in [-0.2, -0.15) is 0 Å². The van der Waals surface area contributed by atoms with E-state index in [0.717, 1.165) is 0 Å². The normalized spacial score (nSPS) is 14.3. The van der Waals surface area contributed by atoms with Crippen LogP contribution in [0.3, 0.4) is 0 Å². The minimum atomic E-state index is -0.0954. The average molecular weight is 373 g/mol. The van der Waals surface area contributed by atoms with Crippen molar-refractivity contribution in [2.24, 2.45) is 0 Å². The van der Waals surface area contributed by atoms with Crippen molar-refractivity contribution in [2.75, 3.05) is 33.3 Å². The van der Waals surface area contributed by atoms with Gasteiger partial charge >= 0.3 is 0 Å². The molecule has 140 valence electrons. The summed E-state index contributed by atoms with van der Waals surface area (Å²) in [6, 6.07) is 12.7. The fourth-order valence-corrected chi connectivity index (χ4v) is 3.62. The summed E-state index contributed by atoms with van der Waals surface area (Å²) in [5.74, 6) is 0.503. The monoisotopic (exact) mass is 373 g/mol. The van der Waals surface area contributed by atoms with Crippen LogP contribution < -0.4 is 10.2 Å². The third kappa shape index (κ3) is 3.13. The first-order chi connectivity index (χ1) is 13.6. The number of rotatable bonds is 3. The lowest BCUT2D eigenvalue weighted by Gasteiger charge is -2.34. The van der Waals surface area contributed by atoms with Crippen molar-refractivity contribution in [3.63, 3.8) is 0 Å². The molecule has 4 rings (SSSR count). The number of fused-ring (bicyclic) bond motifs is 1. The van der Waals surface area contributed by atoms with Crippen LogP contribution in [0.15, 0.2) is 48.7 Å². The van der Waals surface area contributed by atoms with Gasteiger partial charge in [-0.3, -0.25) is 9.59 Å². The SMILES string of the molecule is [B]c1ccc(OC)c2c(C(=O)N3CCN(C(=O)c4ccccc4)CC3)c[nH]c12. The lowest BCUT2D eigenvalue weighted by molar-refractivity contribution is 0.0536. The molecule has 2 radical (unpaired) electrons. The second-order valence-corrected chi connectivity index (χ2v) is 6.76. The van der Waals surface area contributed by atoms with E-state index in [0.29, 0.717) is 59.4 Å². The van der Waals surface area contributed by atoms with Crippen molar-refractivity contribution in [3.05, 3.63) is 59.8 Å². The van der Waals surface area contributed by atoms with Crippen LogP contribution in [-0.4, -0.2) is 67.7 Å². The summed E-state index contributed by atoms with van der Waals surface area (Å²) >= 11 is 0. The van der Waals surface area contributed by atoms with Gasteiger partial charge < -0.3 is 19.5 Å². The van der Waals surface area contributed by atoms with Crippen LogP contribution in [0.25, 0.3) is 10.9 Å². The maximum absolute atomic E-state index is 13.1. The van der Waals surface area contributed by atoms with Gasteiger partial charge in [-0.15, -0.1) is 0 Å². The number of aromatic nitrogens is 1. The van der Waals surface area contributed by atoms with Crippen LogP contribution in [0.1, 0.15) is 20.7 Å². The van der Waals surface area contributed by atoms with Crippen molar-refractivity contribution < 1.29 is 14.3 Å². The summed E-state index contributed by atoms with van der Waals surface area (Å²) in [7, 11) is 7.59. The number of aromatic amines is 1. The second kappa shape index (κ2) is 7.42.